The zero-order chi connectivity index (χ0) is 46.5. The second-order valence-electron chi connectivity index (χ2n) is 15.2. The van der Waals surface area contributed by atoms with Crippen LogP contribution in [0.2, 0.25) is 0 Å². The number of nitrogens with one attached hydrogen (secondary N) is 1. The summed E-state index contributed by atoms with van der Waals surface area (Å²) in [4.78, 5) is 53.9. The number of phenolic OH excluding ortho intramolecular Hbond substituents is 1. The van der Waals surface area contributed by atoms with Crippen LogP contribution in [-0.2, 0) is 16.0 Å². The van der Waals surface area contributed by atoms with Crippen molar-refractivity contribution in [3.8, 4) is 5.75 Å². The Morgan fingerprint density at radius 1 is 0.754 bits per heavy atom. The first-order valence-corrected chi connectivity index (χ1v) is 19.2. The molecule has 57 heavy (non-hydrogen) atoms. The van der Waals surface area contributed by atoms with Gasteiger partial charge in [0, 0.05) is 69.1 Å². The second kappa shape index (κ2) is 15.0. The molecule has 294 valence electrons. The maximum absolute atomic E-state index is 16.1. The molecular weight excluding hydrogens is 729 g/mol. The first-order valence-electron chi connectivity index (χ1n) is 23.2. The Balaban J connectivity index is 0.932. The van der Waals surface area contributed by atoms with Gasteiger partial charge in [-0.3, -0.25) is 34.3 Å². The van der Waals surface area contributed by atoms with Crippen LogP contribution in [0.5, 0.6) is 5.75 Å². The van der Waals surface area contributed by atoms with E-state index in [0.29, 0.717) is 41.8 Å². The number of carbonyl (C=O) groups is 4. The number of fused-ring (bicyclic) bond motifs is 2. The molecule has 10 nitrogen and oxygen atoms in total. The lowest BCUT2D eigenvalue weighted by Gasteiger charge is -2.40. The predicted octanol–water partition coefficient (Wildman–Crippen LogP) is 5.97. The SMILES string of the molecule is [2H]C1([2H])N(CC2CCN(c3ccc([C@@H]4c5ccc(O)cc5CC[C@@H]4c4ccccc4)cc3)CC2)C([2H])([2H])C([2H])([2H])N(c2cc3c(c(F)c2F)C(=O)N(C2CCC(=O)NC2=O)C3=O)C1([2H])[2H]. The third-order valence-electron chi connectivity index (χ3n) is 11.9. The number of aromatic hydroxyl groups is 1. The summed E-state index contributed by atoms with van der Waals surface area (Å²) < 4.78 is 104. The molecule has 1 aliphatic carbocycles. The number of anilines is 2. The number of benzene rings is 4. The van der Waals surface area contributed by atoms with Crippen LogP contribution in [0.15, 0.2) is 78.9 Å². The Hall–Kier alpha value is -5.62. The van der Waals surface area contributed by atoms with Gasteiger partial charge in [0.1, 0.15) is 11.8 Å². The summed E-state index contributed by atoms with van der Waals surface area (Å²) in [7, 11) is 0. The summed E-state index contributed by atoms with van der Waals surface area (Å²) in [6, 6.07) is 23.1. The van der Waals surface area contributed by atoms with Gasteiger partial charge in [-0.2, -0.15) is 0 Å². The van der Waals surface area contributed by atoms with Crippen molar-refractivity contribution >= 4 is 35.0 Å². The van der Waals surface area contributed by atoms with Crippen molar-refractivity contribution in [3.05, 3.63) is 124 Å². The molecule has 3 fully saturated rings. The summed E-state index contributed by atoms with van der Waals surface area (Å²) in [5.41, 5.74) is 2.22. The fraction of sp³-hybridized carbons (Fsp3) is 0.378. The van der Waals surface area contributed by atoms with Crippen LogP contribution in [-0.4, -0.2) is 90.2 Å². The Morgan fingerprint density at radius 3 is 2.21 bits per heavy atom. The van der Waals surface area contributed by atoms with Gasteiger partial charge < -0.3 is 14.9 Å². The standard InChI is InChI=1S/C45H45F2N5O5/c46-41-37(25-35-40(42(41)47)45(57)52(44(35)56)36-14-15-38(54)48-43(36)55)51-22-20-49(21-23-51)26-27-16-18-50(19-17-27)31-9-6-29(7-10-31)39-33(28-4-2-1-3-5-28)12-8-30-24-32(53)11-13-34(30)39/h1-7,9-11,13,24-25,27,33,36,39,53H,8,12,14-23,26H2,(H,48,54,55)/t33-,36?,39+/m1/s1/i20D2,21D2,22D2,23D2. The van der Waals surface area contributed by atoms with Crippen molar-refractivity contribution < 1.29 is 44.0 Å². The Bertz CT molecular complexity index is 2590. The highest BCUT2D eigenvalue weighted by molar-refractivity contribution is 6.24. The number of aryl methyl sites for hydroxylation is 1. The van der Waals surface area contributed by atoms with Crippen LogP contribution in [0.3, 0.4) is 0 Å². The summed E-state index contributed by atoms with van der Waals surface area (Å²) in [5, 5.41) is 12.2. The Labute approximate surface area is 341 Å². The number of halogens is 2. The lowest BCUT2D eigenvalue weighted by Crippen LogP contribution is -2.54. The molecule has 0 saturated carbocycles. The van der Waals surface area contributed by atoms with Crippen molar-refractivity contribution in [2.24, 2.45) is 5.92 Å². The average molecular weight is 782 g/mol. The summed E-state index contributed by atoms with van der Waals surface area (Å²) in [6.45, 7) is -13.6. The molecule has 4 amide bonds. The van der Waals surface area contributed by atoms with E-state index in [9.17, 15) is 24.3 Å². The van der Waals surface area contributed by atoms with E-state index in [2.05, 4.69) is 29.2 Å². The second-order valence-corrected chi connectivity index (χ2v) is 15.2. The fourth-order valence-electron chi connectivity index (χ4n) is 9.00. The van der Waals surface area contributed by atoms with E-state index in [4.69, 9.17) is 11.0 Å². The van der Waals surface area contributed by atoms with Gasteiger partial charge in [0.25, 0.3) is 11.8 Å². The smallest absolute Gasteiger partial charge is 0.265 e. The third kappa shape index (κ3) is 6.83. The molecule has 0 bridgehead atoms. The molecule has 9 rings (SSSR count). The van der Waals surface area contributed by atoms with Crippen molar-refractivity contribution in [2.45, 2.75) is 56.4 Å². The minimum Gasteiger partial charge on any atom is -0.508 e. The lowest BCUT2D eigenvalue weighted by molar-refractivity contribution is -0.136. The normalized spacial score (nSPS) is 28.7. The molecular formula is C45H45F2N5O5. The van der Waals surface area contributed by atoms with E-state index in [1.165, 1.54) is 11.1 Å². The van der Waals surface area contributed by atoms with Gasteiger partial charge in [0.2, 0.25) is 11.8 Å². The summed E-state index contributed by atoms with van der Waals surface area (Å²) in [5.74, 6) is -8.43. The maximum Gasteiger partial charge on any atom is 0.265 e. The van der Waals surface area contributed by atoms with Gasteiger partial charge in [-0.15, -0.1) is 0 Å². The number of hydrogen-bond acceptors (Lipinski definition) is 8. The molecule has 4 aromatic carbocycles. The van der Waals surface area contributed by atoms with Gasteiger partial charge >= 0.3 is 0 Å². The molecule has 4 heterocycles. The quantitative estimate of drug-likeness (QED) is 0.221. The number of rotatable bonds is 7. The van der Waals surface area contributed by atoms with E-state index in [1.807, 2.05) is 47.8 Å². The lowest BCUT2D eigenvalue weighted by atomic mass is 9.69. The molecule has 3 atom stereocenters. The van der Waals surface area contributed by atoms with Crippen LogP contribution in [0.1, 0.15) is 97.9 Å². The molecule has 4 aliphatic heterocycles. The van der Waals surface area contributed by atoms with Crippen LogP contribution >= 0.6 is 0 Å². The topological polar surface area (TPSA) is 114 Å². The Morgan fingerprint density at radius 2 is 1.49 bits per heavy atom. The van der Waals surface area contributed by atoms with E-state index in [0.717, 1.165) is 29.7 Å². The molecule has 5 aliphatic rings. The van der Waals surface area contributed by atoms with Crippen LogP contribution in [0.25, 0.3) is 0 Å². The first-order chi connectivity index (χ1) is 30.7. The Kier molecular flexibility index (Phi) is 7.58. The number of piperazine rings is 1. The van der Waals surface area contributed by atoms with E-state index in [-0.39, 0.29) is 35.3 Å². The number of piperidine rings is 2. The predicted molar refractivity (Wildman–Crippen MR) is 211 cm³/mol. The van der Waals surface area contributed by atoms with Crippen LogP contribution in [0, 0.1) is 17.6 Å². The van der Waals surface area contributed by atoms with Gasteiger partial charge in [-0.25, -0.2) is 8.78 Å². The molecule has 12 heteroatoms. The van der Waals surface area contributed by atoms with Gasteiger partial charge in [0.15, 0.2) is 11.6 Å². The average Bonchev–Trinajstić information content (AvgIpc) is 3.51. The highest BCUT2D eigenvalue weighted by Gasteiger charge is 2.47. The number of amides is 4. The maximum atomic E-state index is 16.1. The molecule has 0 aromatic heterocycles. The van der Waals surface area contributed by atoms with Crippen LogP contribution in [0.4, 0.5) is 20.2 Å². The molecule has 2 N–H and O–H groups in total. The van der Waals surface area contributed by atoms with Crippen molar-refractivity contribution in [1.82, 2.24) is 15.1 Å². The number of hydrogen-bond donors (Lipinski definition) is 2. The first kappa shape index (κ1) is 28.7. The van der Waals surface area contributed by atoms with Crippen molar-refractivity contribution in [2.75, 3.05) is 55.4 Å². The third-order valence-corrected chi connectivity index (χ3v) is 11.9. The van der Waals surface area contributed by atoms with E-state index < -0.39 is 96.6 Å². The number of imide groups is 2. The molecule has 4 aromatic rings. The number of carbonyl (C=O) groups excluding carboxylic acids is 4. The fourth-order valence-corrected chi connectivity index (χ4v) is 9.00. The van der Waals surface area contributed by atoms with E-state index >= 15 is 8.78 Å². The monoisotopic (exact) mass is 781 g/mol. The van der Waals surface area contributed by atoms with Crippen molar-refractivity contribution in [3.63, 3.8) is 0 Å². The molecule has 3 saturated heterocycles. The molecule has 0 radical (unpaired) electrons. The van der Waals surface area contributed by atoms with E-state index in [1.54, 1.807) is 6.07 Å². The minimum absolute atomic E-state index is 0.0506. The van der Waals surface area contributed by atoms with Gasteiger partial charge in [-0.05, 0) is 96.5 Å². The molecule has 1 unspecified atom stereocenters. The zero-order valence-electron chi connectivity index (χ0n) is 38.8. The minimum atomic E-state index is -3.63. The largest absolute Gasteiger partial charge is 0.508 e. The van der Waals surface area contributed by atoms with Crippen LogP contribution < -0.4 is 15.1 Å². The highest BCUT2D eigenvalue weighted by Crippen LogP contribution is 2.47. The van der Waals surface area contributed by atoms with Crippen molar-refractivity contribution in [1.29, 1.82) is 0 Å². The number of phenols is 1. The summed E-state index contributed by atoms with van der Waals surface area (Å²) in [6.07, 6.45) is 1.98. The highest BCUT2D eigenvalue weighted by atomic mass is 19.2. The zero-order valence-corrected chi connectivity index (χ0v) is 30.8. The summed E-state index contributed by atoms with van der Waals surface area (Å²) >= 11 is 0. The van der Waals surface area contributed by atoms with Gasteiger partial charge in [-0.1, -0.05) is 48.5 Å². The number of nitrogens with zero attached hydrogens (tertiary/aromatic N) is 4. The van der Waals surface area contributed by atoms with Gasteiger partial charge in [0.05, 0.1) is 22.3 Å². The molecule has 0 spiro atoms.